The third kappa shape index (κ3) is 1.45. The van der Waals surface area contributed by atoms with Crippen molar-refractivity contribution >= 4 is 34.6 Å². The van der Waals surface area contributed by atoms with Crippen LogP contribution in [0.2, 0.25) is 0 Å². The van der Waals surface area contributed by atoms with Crippen LogP contribution in [0.5, 0.6) is 0 Å². The molecule has 0 saturated heterocycles. The van der Waals surface area contributed by atoms with Crippen LogP contribution >= 0.6 is 11.8 Å². The van der Waals surface area contributed by atoms with Gasteiger partial charge in [-0.1, -0.05) is 11.8 Å². The zero-order chi connectivity index (χ0) is 9.30. The average molecular weight is 188 g/mol. The van der Waals surface area contributed by atoms with Crippen LogP contribution in [-0.2, 0) is 14.4 Å². The van der Waals surface area contributed by atoms with Crippen molar-refractivity contribution in [3.63, 3.8) is 0 Å². The molecule has 64 valence electrons. The molecule has 7 heteroatoms. The largest absolute Gasteiger partial charge is 0.475 e. The molecular weight excluding hydrogens is 184 g/mol. The van der Waals surface area contributed by atoms with Crippen LogP contribution in [0.4, 0.5) is 0 Å². The van der Waals surface area contributed by atoms with Gasteiger partial charge in [-0.3, -0.25) is 9.59 Å². The smallest absolute Gasteiger partial charge is 0.373 e. The Labute approximate surface area is 70.8 Å². The van der Waals surface area contributed by atoms with Gasteiger partial charge in [0.25, 0.3) is 11.7 Å². The van der Waals surface area contributed by atoms with Gasteiger partial charge in [-0.25, -0.2) is 4.79 Å². The highest BCUT2D eigenvalue weighted by Crippen LogP contribution is 2.20. The van der Waals surface area contributed by atoms with Gasteiger partial charge in [0, 0.05) is 0 Å². The van der Waals surface area contributed by atoms with E-state index >= 15 is 0 Å². The predicted molar refractivity (Wildman–Crippen MR) is 40.7 cm³/mol. The maximum absolute atomic E-state index is 10.8. The van der Waals surface area contributed by atoms with Crippen LogP contribution in [0.1, 0.15) is 0 Å². The van der Waals surface area contributed by atoms with Crippen LogP contribution in [0, 0.1) is 0 Å². The van der Waals surface area contributed by atoms with E-state index in [2.05, 4.69) is 4.99 Å². The summed E-state index contributed by atoms with van der Waals surface area (Å²) in [6.07, 6.45) is 0. The second kappa shape index (κ2) is 2.94. The van der Waals surface area contributed by atoms with E-state index in [1.54, 1.807) is 0 Å². The molecule has 12 heavy (non-hydrogen) atoms. The predicted octanol–water partition coefficient (Wildman–Crippen LogP) is -1.40. The molecule has 0 spiro atoms. The fourth-order valence-electron chi connectivity index (χ4n) is 0.643. The van der Waals surface area contributed by atoms with Crippen LogP contribution in [-0.4, -0.2) is 33.2 Å². The number of Topliss-reactive ketones (excluding diaryl/α,β-unsaturated/α-hetero) is 1. The Kier molecular flexibility index (Phi) is 2.13. The molecule has 1 heterocycles. The number of amides is 1. The van der Waals surface area contributed by atoms with Crippen molar-refractivity contribution in [3.05, 3.63) is 0 Å². The number of carbonyl (C=O) groups is 3. The van der Waals surface area contributed by atoms with E-state index in [1.165, 1.54) is 0 Å². The van der Waals surface area contributed by atoms with E-state index < -0.39 is 22.9 Å². The molecule has 1 amide bonds. The maximum atomic E-state index is 10.8. The molecule has 1 aliphatic rings. The van der Waals surface area contributed by atoms with Crippen molar-refractivity contribution in [1.29, 1.82) is 0 Å². The van der Waals surface area contributed by atoms with Crippen molar-refractivity contribution in [2.24, 2.45) is 10.7 Å². The van der Waals surface area contributed by atoms with Gasteiger partial charge in [0.05, 0.1) is 0 Å². The van der Waals surface area contributed by atoms with Crippen LogP contribution in [0.3, 0.4) is 0 Å². The fraction of sp³-hybridized carbons (Fsp3) is 0.200. The lowest BCUT2D eigenvalue weighted by molar-refractivity contribution is -0.149. The van der Waals surface area contributed by atoms with Crippen LogP contribution < -0.4 is 5.73 Å². The van der Waals surface area contributed by atoms with Gasteiger partial charge in [0.15, 0.2) is 10.4 Å². The zero-order valence-electron chi connectivity index (χ0n) is 5.68. The first-order chi connectivity index (χ1) is 5.52. The highest BCUT2D eigenvalue weighted by Gasteiger charge is 2.37. The number of nitrogens with two attached hydrogens (primary N) is 1. The molecule has 1 aliphatic heterocycles. The summed E-state index contributed by atoms with van der Waals surface area (Å²) >= 11 is 0.658. The third-order valence-electron chi connectivity index (χ3n) is 1.13. The van der Waals surface area contributed by atoms with E-state index in [9.17, 15) is 14.4 Å². The number of carbonyl (C=O) groups excluding carboxylic acids is 2. The first-order valence-corrected chi connectivity index (χ1v) is 3.72. The Morgan fingerprint density at radius 3 is 2.50 bits per heavy atom. The van der Waals surface area contributed by atoms with Crippen LogP contribution in [0.15, 0.2) is 4.99 Å². The number of hydrogen-bond donors (Lipinski definition) is 2. The second-order valence-electron chi connectivity index (χ2n) is 1.96. The molecule has 6 nitrogen and oxygen atoms in total. The quantitative estimate of drug-likeness (QED) is 0.407. The van der Waals surface area contributed by atoms with Gasteiger partial charge in [-0.2, -0.15) is 4.99 Å². The molecule has 0 radical (unpaired) electrons. The monoisotopic (exact) mass is 188 g/mol. The molecule has 0 aromatic rings. The Hall–Kier alpha value is -1.37. The minimum absolute atomic E-state index is 0.0698. The standard InChI is InChI=1S/C5H4N2O4S/c6-5-7-3(9)2(12-5)1(8)4(10)11/h2H,(H,10,11)(H2,6,7,9). The minimum Gasteiger partial charge on any atom is -0.475 e. The molecular formula is C5H4N2O4S. The number of carboxylic acids is 1. The van der Waals surface area contributed by atoms with Gasteiger partial charge in [0.2, 0.25) is 0 Å². The van der Waals surface area contributed by atoms with E-state index in [1.807, 2.05) is 0 Å². The van der Waals surface area contributed by atoms with E-state index in [0.717, 1.165) is 0 Å². The summed E-state index contributed by atoms with van der Waals surface area (Å²) in [7, 11) is 0. The first kappa shape index (κ1) is 8.72. The van der Waals surface area contributed by atoms with E-state index in [-0.39, 0.29) is 5.17 Å². The molecule has 0 aliphatic carbocycles. The number of rotatable bonds is 2. The molecule has 0 aromatic heterocycles. The van der Waals surface area contributed by atoms with Crippen molar-refractivity contribution in [2.75, 3.05) is 0 Å². The summed E-state index contributed by atoms with van der Waals surface area (Å²) in [4.78, 5) is 34.8. The molecule has 0 bridgehead atoms. The average Bonchev–Trinajstić information content (AvgIpc) is 2.28. The Bertz CT molecular complexity index is 298. The molecule has 1 atom stereocenters. The van der Waals surface area contributed by atoms with Gasteiger partial charge < -0.3 is 10.8 Å². The van der Waals surface area contributed by atoms with Crippen LogP contribution in [0.25, 0.3) is 0 Å². The zero-order valence-corrected chi connectivity index (χ0v) is 6.50. The van der Waals surface area contributed by atoms with Crippen molar-refractivity contribution < 1.29 is 19.5 Å². The summed E-state index contributed by atoms with van der Waals surface area (Å²) in [5, 5.41) is 6.88. The number of nitrogens with zero attached hydrogens (tertiary/aromatic N) is 1. The van der Waals surface area contributed by atoms with Gasteiger partial charge in [0.1, 0.15) is 0 Å². The molecule has 1 unspecified atom stereocenters. The van der Waals surface area contributed by atoms with Gasteiger partial charge in [-0.05, 0) is 0 Å². The number of ketones is 1. The number of aliphatic imine (C=N–C) groups is 1. The van der Waals surface area contributed by atoms with Crippen molar-refractivity contribution in [1.82, 2.24) is 0 Å². The van der Waals surface area contributed by atoms with Crippen molar-refractivity contribution in [2.45, 2.75) is 5.25 Å². The third-order valence-corrected chi connectivity index (χ3v) is 2.12. The molecule has 0 aromatic carbocycles. The highest BCUT2D eigenvalue weighted by atomic mass is 32.2. The normalized spacial score (nSPS) is 22.2. The fourth-order valence-corrected chi connectivity index (χ4v) is 1.39. The molecule has 3 N–H and O–H groups in total. The number of thioether (sulfide) groups is 1. The van der Waals surface area contributed by atoms with Crippen molar-refractivity contribution in [3.8, 4) is 0 Å². The number of aliphatic carboxylic acids is 1. The topological polar surface area (TPSA) is 110 Å². The van der Waals surface area contributed by atoms with Gasteiger partial charge in [-0.15, -0.1) is 0 Å². The molecule has 0 saturated carbocycles. The first-order valence-electron chi connectivity index (χ1n) is 2.84. The number of amidine groups is 1. The number of hydrogen-bond acceptors (Lipinski definition) is 5. The maximum Gasteiger partial charge on any atom is 0.373 e. The lowest BCUT2D eigenvalue weighted by Gasteiger charge is -1.98. The van der Waals surface area contributed by atoms with Gasteiger partial charge >= 0.3 is 5.97 Å². The lowest BCUT2D eigenvalue weighted by atomic mass is 10.3. The summed E-state index contributed by atoms with van der Waals surface area (Å²) < 4.78 is 0. The summed E-state index contributed by atoms with van der Waals surface area (Å²) in [5.41, 5.74) is 5.10. The Morgan fingerprint density at radius 2 is 2.17 bits per heavy atom. The Balaban J connectivity index is 2.76. The summed E-state index contributed by atoms with van der Waals surface area (Å²) in [6, 6.07) is 0. The van der Waals surface area contributed by atoms with E-state index in [0.29, 0.717) is 11.8 Å². The highest BCUT2D eigenvalue weighted by molar-refractivity contribution is 8.16. The molecule has 1 rings (SSSR count). The summed E-state index contributed by atoms with van der Waals surface area (Å²) in [6.45, 7) is 0. The lowest BCUT2D eigenvalue weighted by Crippen LogP contribution is -2.29. The molecule has 0 fully saturated rings. The second-order valence-corrected chi connectivity index (χ2v) is 3.08. The minimum atomic E-state index is -1.65. The Morgan fingerprint density at radius 1 is 1.58 bits per heavy atom. The SMILES string of the molecule is NC1=NC(=O)C(C(=O)C(=O)O)S1. The summed E-state index contributed by atoms with van der Waals surface area (Å²) in [5.74, 6) is -3.63. The van der Waals surface area contributed by atoms with E-state index in [4.69, 9.17) is 10.8 Å². The number of carboxylic acid groups (broad SMARTS) is 1.